The van der Waals surface area contributed by atoms with Crippen LogP contribution in [-0.4, -0.2) is 49.8 Å². The smallest absolute Gasteiger partial charge is 0.221 e. The highest BCUT2D eigenvalue weighted by atomic mass is 35.5. The standard InChI is InChI=1S/C20H28N2O3S.ClH/c23-19(12-16-13-26-10-7-21-16)22-14-20(5-1-2-6-20)15-3-4-17-18(11-15)25-9-8-24-17;/h3-4,11,16,21H,1-2,5-10,12-14H2,(H,22,23);1H. The van der Waals surface area contributed by atoms with Crippen molar-refractivity contribution in [1.29, 1.82) is 0 Å². The monoisotopic (exact) mass is 412 g/mol. The van der Waals surface area contributed by atoms with E-state index >= 15 is 0 Å². The number of carbonyl (C=O) groups is 1. The third-order valence-electron chi connectivity index (χ3n) is 5.77. The Kier molecular flexibility index (Phi) is 7.17. The maximum atomic E-state index is 12.5. The molecule has 2 heterocycles. The normalized spacial score (nSPS) is 23.3. The number of carbonyl (C=O) groups excluding carboxylic acids is 1. The average Bonchev–Trinajstić information content (AvgIpc) is 3.17. The largest absolute Gasteiger partial charge is 0.486 e. The predicted octanol–water partition coefficient (Wildman–Crippen LogP) is 2.90. The number of ether oxygens (including phenoxy) is 2. The fourth-order valence-electron chi connectivity index (χ4n) is 4.31. The van der Waals surface area contributed by atoms with Crippen LogP contribution >= 0.6 is 24.2 Å². The number of halogens is 1. The van der Waals surface area contributed by atoms with Crippen LogP contribution in [0.15, 0.2) is 18.2 Å². The highest BCUT2D eigenvalue weighted by Crippen LogP contribution is 2.43. The van der Waals surface area contributed by atoms with Crippen molar-refractivity contribution in [3.8, 4) is 11.5 Å². The van der Waals surface area contributed by atoms with E-state index in [1.165, 1.54) is 18.4 Å². The molecule has 2 aliphatic heterocycles. The van der Waals surface area contributed by atoms with Crippen molar-refractivity contribution >= 4 is 30.1 Å². The molecule has 0 bridgehead atoms. The molecule has 1 amide bonds. The molecular weight excluding hydrogens is 384 g/mol. The van der Waals surface area contributed by atoms with Gasteiger partial charge in [-0.25, -0.2) is 0 Å². The summed E-state index contributed by atoms with van der Waals surface area (Å²) in [6.45, 7) is 2.93. The van der Waals surface area contributed by atoms with Gasteiger partial charge in [-0.1, -0.05) is 18.9 Å². The van der Waals surface area contributed by atoms with E-state index in [0.717, 1.165) is 42.4 Å². The van der Waals surface area contributed by atoms with Crippen molar-refractivity contribution in [1.82, 2.24) is 10.6 Å². The van der Waals surface area contributed by atoms with Crippen LogP contribution in [0.2, 0.25) is 0 Å². The lowest BCUT2D eigenvalue weighted by molar-refractivity contribution is -0.121. The first-order valence-corrected chi connectivity index (χ1v) is 10.9. The molecular formula is C20H29ClN2O3S. The number of amides is 1. The van der Waals surface area contributed by atoms with Crippen LogP contribution in [-0.2, 0) is 10.2 Å². The van der Waals surface area contributed by atoms with Crippen molar-refractivity contribution in [2.75, 3.05) is 37.8 Å². The molecule has 0 radical (unpaired) electrons. The number of hydrogen-bond acceptors (Lipinski definition) is 5. The lowest BCUT2D eigenvalue weighted by atomic mass is 9.78. The molecule has 3 aliphatic rings. The second-order valence-electron chi connectivity index (χ2n) is 7.55. The third-order valence-corrected chi connectivity index (χ3v) is 6.90. The third kappa shape index (κ3) is 4.84. The van der Waals surface area contributed by atoms with E-state index in [0.29, 0.717) is 32.2 Å². The van der Waals surface area contributed by atoms with Gasteiger partial charge in [0.15, 0.2) is 11.5 Å². The molecule has 5 nitrogen and oxygen atoms in total. The summed E-state index contributed by atoms with van der Waals surface area (Å²) < 4.78 is 11.4. The van der Waals surface area contributed by atoms with Gasteiger partial charge in [-0.2, -0.15) is 11.8 Å². The summed E-state index contributed by atoms with van der Waals surface area (Å²) >= 11 is 1.93. The van der Waals surface area contributed by atoms with Crippen LogP contribution in [0, 0.1) is 0 Å². The van der Waals surface area contributed by atoms with Crippen LogP contribution in [0.1, 0.15) is 37.7 Å². The molecule has 1 aliphatic carbocycles. The van der Waals surface area contributed by atoms with E-state index in [9.17, 15) is 4.79 Å². The lowest BCUT2D eigenvalue weighted by Crippen LogP contribution is -2.44. The van der Waals surface area contributed by atoms with Gasteiger partial charge in [-0.3, -0.25) is 4.79 Å². The molecule has 1 saturated carbocycles. The topological polar surface area (TPSA) is 59.6 Å². The predicted molar refractivity (Wildman–Crippen MR) is 112 cm³/mol. The van der Waals surface area contributed by atoms with Gasteiger partial charge in [-0.15, -0.1) is 12.4 Å². The molecule has 150 valence electrons. The van der Waals surface area contributed by atoms with E-state index in [1.807, 2.05) is 17.8 Å². The minimum Gasteiger partial charge on any atom is -0.486 e. The van der Waals surface area contributed by atoms with Gasteiger partial charge in [0, 0.05) is 42.5 Å². The number of benzene rings is 1. The Hall–Kier alpha value is -1.11. The molecule has 2 fully saturated rings. The highest BCUT2D eigenvalue weighted by molar-refractivity contribution is 7.99. The summed E-state index contributed by atoms with van der Waals surface area (Å²) in [5, 5.41) is 6.67. The number of thioether (sulfide) groups is 1. The summed E-state index contributed by atoms with van der Waals surface area (Å²) in [4.78, 5) is 12.5. The molecule has 0 aromatic heterocycles. The molecule has 1 saturated heterocycles. The molecule has 1 aromatic carbocycles. The zero-order chi connectivity index (χ0) is 17.8. The van der Waals surface area contributed by atoms with Gasteiger partial charge in [0.25, 0.3) is 0 Å². The van der Waals surface area contributed by atoms with Crippen molar-refractivity contribution in [2.45, 2.75) is 43.6 Å². The molecule has 7 heteroatoms. The van der Waals surface area contributed by atoms with Crippen LogP contribution in [0.4, 0.5) is 0 Å². The Bertz CT molecular complexity index is 646. The molecule has 1 atom stereocenters. The van der Waals surface area contributed by atoms with Gasteiger partial charge >= 0.3 is 0 Å². The SMILES string of the molecule is Cl.O=C(CC1CSCCN1)NCC1(c2ccc3c(c2)OCCO3)CCCC1. The van der Waals surface area contributed by atoms with Gasteiger partial charge in [0.2, 0.25) is 5.91 Å². The molecule has 2 N–H and O–H groups in total. The quantitative estimate of drug-likeness (QED) is 0.778. The van der Waals surface area contributed by atoms with Gasteiger partial charge < -0.3 is 20.1 Å². The molecule has 1 aromatic rings. The summed E-state index contributed by atoms with van der Waals surface area (Å²) in [6, 6.07) is 6.62. The number of hydrogen-bond donors (Lipinski definition) is 2. The number of nitrogens with one attached hydrogen (secondary N) is 2. The summed E-state index contributed by atoms with van der Waals surface area (Å²) in [6.07, 6.45) is 5.23. The molecule has 4 rings (SSSR count). The first-order chi connectivity index (χ1) is 12.8. The minimum absolute atomic E-state index is 0. The Morgan fingerprint density at radius 2 is 2.00 bits per heavy atom. The fraction of sp³-hybridized carbons (Fsp3) is 0.650. The van der Waals surface area contributed by atoms with Crippen molar-refractivity contribution in [3.05, 3.63) is 23.8 Å². The molecule has 0 spiro atoms. The summed E-state index contributed by atoms with van der Waals surface area (Å²) in [7, 11) is 0. The second kappa shape index (κ2) is 9.39. The lowest BCUT2D eigenvalue weighted by Gasteiger charge is -2.32. The van der Waals surface area contributed by atoms with E-state index in [4.69, 9.17) is 9.47 Å². The van der Waals surface area contributed by atoms with Crippen LogP contribution in [0.25, 0.3) is 0 Å². The molecule has 27 heavy (non-hydrogen) atoms. The van der Waals surface area contributed by atoms with Gasteiger partial charge in [0.1, 0.15) is 13.2 Å². The maximum Gasteiger partial charge on any atom is 0.221 e. The fourth-order valence-corrected chi connectivity index (χ4v) is 5.26. The first-order valence-electron chi connectivity index (χ1n) is 9.73. The Morgan fingerprint density at radius 3 is 2.74 bits per heavy atom. The molecule has 1 unspecified atom stereocenters. The summed E-state index contributed by atoms with van der Waals surface area (Å²) in [5.74, 6) is 4.01. The zero-order valence-electron chi connectivity index (χ0n) is 15.6. The van der Waals surface area contributed by atoms with Crippen LogP contribution < -0.4 is 20.1 Å². The number of fused-ring (bicyclic) bond motifs is 1. The minimum atomic E-state index is 0. The van der Waals surface area contributed by atoms with E-state index in [1.54, 1.807) is 0 Å². The van der Waals surface area contributed by atoms with Gasteiger partial charge in [0.05, 0.1) is 0 Å². The van der Waals surface area contributed by atoms with Crippen molar-refractivity contribution < 1.29 is 14.3 Å². The van der Waals surface area contributed by atoms with Crippen molar-refractivity contribution in [3.63, 3.8) is 0 Å². The Balaban J connectivity index is 0.00000210. The maximum absolute atomic E-state index is 12.5. The second-order valence-corrected chi connectivity index (χ2v) is 8.70. The average molecular weight is 413 g/mol. The van der Waals surface area contributed by atoms with E-state index in [-0.39, 0.29) is 23.7 Å². The highest BCUT2D eigenvalue weighted by Gasteiger charge is 2.37. The first kappa shape index (κ1) is 20.6. The van der Waals surface area contributed by atoms with Gasteiger partial charge in [-0.05, 0) is 30.5 Å². The van der Waals surface area contributed by atoms with Crippen LogP contribution in [0.5, 0.6) is 11.5 Å². The van der Waals surface area contributed by atoms with E-state index in [2.05, 4.69) is 22.8 Å². The van der Waals surface area contributed by atoms with E-state index < -0.39 is 0 Å². The summed E-state index contributed by atoms with van der Waals surface area (Å²) in [5.41, 5.74) is 1.30. The zero-order valence-corrected chi connectivity index (χ0v) is 17.3. The Morgan fingerprint density at radius 1 is 1.22 bits per heavy atom. The van der Waals surface area contributed by atoms with Crippen LogP contribution in [0.3, 0.4) is 0 Å². The number of rotatable bonds is 5. The van der Waals surface area contributed by atoms with Crippen molar-refractivity contribution in [2.24, 2.45) is 0 Å². The Labute approximate surface area is 171 Å².